The Hall–Kier alpha value is -0.200. The molecule has 3 aliphatic rings. The maximum Gasteiger partial charge on any atom is 0.170 e. The van der Waals surface area contributed by atoms with Gasteiger partial charge >= 0.3 is 0 Å². The lowest BCUT2D eigenvalue weighted by Gasteiger charge is -2.51. The van der Waals surface area contributed by atoms with Gasteiger partial charge in [0.25, 0.3) is 0 Å². The van der Waals surface area contributed by atoms with Crippen molar-refractivity contribution < 1.29 is 9.47 Å². The van der Waals surface area contributed by atoms with E-state index in [-0.39, 0.29) is 5.79 Å². The Morgan fingerprint density at radius 2 is 1.71 bits per heavy atom. The Labute approximate surface area is 128 Å². The highest BCUT2D eigenvalue weighted by molar-refractivity contribution is 4.98. The predicted molar refractivity (Wildman–Crippen MR) is 83.4 cm³/mol. The monoisotopic (exact) mass is 297 g/mol. The number of ether oxygens (including phenoxy) is 2. The van der Waals surface area contributed by atoms with Crippen LogP contribution in [0.3, 0.4) is 0 Å². The lowest BCUT2D eigenvalue weighted by Crippen LogP contribution is -2.64. The predicted octanol–water partition coefficient (Wildman–Crippen LogP) is 0.894. The molecule has 3 fully saturated rings. The Morgan fingerprint density at radius 1 is 1.10 bits per heavy atom. The highest BCUT2D eigenvalue weighted by atomic mass is 16.7. The van der Waals surface area contributed by atoms with Crippen molar-refractivity contribution in [3.05, 3.63) is 0 Å². The summed E-state index contributed by atoms with van der Waals surface area (Å²) in [7, 11) is 4.34. The zero-order valence-corrected chi connectivity index (χ0v) is 14.0. The Bertz CT molecular complexity index is 347. The molecule has 122 valence electrons. The molecule has 21 heavy (non-hydrogen) atoms. The highest BCUT2D eigenvalue weighted by Gasteiger charge is 2.47. The van der Waals surface area contributed by atoms with E-state index in [1.165, 1.54) is 0 Å². The molecular formula is C16H31N3O2. The first-order valence-electron chi connectivity index (χ1n) is 8.46. The van der Waals surface area contributed by atoms with Crippen LogP contribution in [0.15, 0.2) is 0 Å². The summed E-state index contributed by atoms with van der Waals surface area (Å²) in [6.07, 6.45) is 3.16. The van der Waals surface area contributed by atoms with Gasteiger partial charge in [0.1, 0.15) is 0 Å². The van der Waals surface area contributed by atoms with Crippen LogP contribution in [-0.4, -0.2) is 80.2 Å². The van der Waals surface area contributed by atoms with E-state index in [1.54, 1.807) is 0 Å². The van der Waals surface area contributed by atoms with Crippen molar-refractivity contribution in [2.24, 2.45) is 0 Å². The van der Waals surface area contributed by atoms with Crippen molar-refractivity contribution >= 4 is 0 Å². The molecule has 1 N–H and O–H groups in total. The minimum Gasteiger partial charge on any atom is -0.347 e. The Balaban J connectivity index is 1.73. The number of likely N-dealkylation sites (N-methyl/N-ethyl adjacent to an activating group) is 2. The standard InChI is InChI=1S/C16H31N3O2/c1-12-10-19(11-13(2)18(12)4)15-9-16(20-7-8-21-16)6-5-14(15)17-3/h12-15,17H,5-11H2,1-4H3. The molecule has 1 saturated carbocycles. The van der Waals surface area contributed by atoms with Crippen LogP contribution in [0, 0.1) is 0 Å². The third-order valence-electron chi connectivity index (χ3n) is 5.86. The SMILES string of the molecule is CNC1CCC2(CC1N1CC(C)N(C)C(C)C1)OCCO2. The highest BCUT2D eigenvalue weighted by Crippen LogP contribution is 2.38. The summed E-state index contributed by atoms with van der Waals surface area (Å²) in [5.74, 6) is -0.298. The van der Waals surface area contributed by atoms with Crippen LogP contribution in [0.2, 0.25) is 0 Å². The maximum atomic E-state index is 5.98. The molecule has 0 aromatic rings. The first kappa shape index (κ1) is 15.7. The zero-order chi connectivity index (χ0) is 15.0. The van der Waals surface area contributed by atoms with Gasteiger partial charge in [0.05, 0.1) is 13.2 Å². The van der Waals surface area contributed by atoms with Crippen molar-refractivity contribution in [1.82, 2.24) is 15.1 Å². The van der Waals surface area contributed by atoms with Crippen LogP contribution in [-0.2, 0) is 9.47 Å². The van der Waals surface area contributed by atoms with E-state index in [9.17, 15) is 0 Å². The number of nitrogens with zero attached hydrogens (tertiary/aromatic N) is 2. The average Bonchev–Trinajstić information content (AvgIpc) is 2.92. The molecule has 3 rings (SSSR count). The van der Waals surface area contributed by atoms with E-state index in [0.29, 0.717) is 24.2 Å². The lowest BCUT2D eigenvalue weighted by atomic mass is 9.83. The van der Waals surface area contributed by atoms with Gasteiger partial charge in [-0.3, -0.25) is 9.80 Å². The molecule has 2 aliphatic heterocycles. The van der Waals surface area contributed by atoms with Crippen molar-refractivity contribution in [3.63, 3.8) is 0 Å². The van der Waals surface area contributed by atoms with Crippen molar-refractivity contribution in [1.29, 1.82) is 0 Å². The second kappa shape index (κ2) is 6.13. The first-order valence-corrected chi connectivity index (χ1v) is 8.46. The molecule has 4 unspecified atom stereocenters. The number of nitrogens with one attached hydrogen (secondary N) is 1. The van der Waals surface area contributed by atoms with Crippen molar-refractivity contribution in [2.45, 2.75) is 63.1 Å². The summed E-state index contributed by atoms with van der Waals surface area (Å²) < 4.78 is 12.0. The molecule has 2 heterocycles. The summed E-state index contributed by atoms with van der Waals surface area (Å²) in [5, 5.41) is 3.53. The smallest absolute Gasteiger partial charge is 0.170 e. The first-order chi connectivity index (χ1) is 10.0. The fourth-order valence-electron chi connectivity index (χ4n) is 4.33. The zero-order valence-electron chi connectivity index (χ0n) is 14.0. The van der Waals surface area contributed by atoms with Gasteiger partial charge < -0.3 is 14.8 Å². The largest absolute Gasteiger partial charge is 0.347 e. The van der Waals surface area contributed by atoms with E-state index in [4.69, 9.17) is 9.47 Å². The van der Waals surface area contributed by atoms with E-state index in [0.717, 1.165) is 45.6 Å². The maximum absolute atomic E-state index is 5.98. The van der Waals surface area contributed by atoms with E-state index < -0.39 is 0 Å². The number of piperazine rings is 1. The van der Waals surface area contributed by atoms with Gasteiger partial charge in [0.2, 0.25) is 0 Å². The Kier molecular flexibility index (Phi) is 4.58. The number of rotatable bonds is 2. The van der Waals surface area contributed by atoms with Crippen LogP contribution >= 0.6 is 0 Å². The van der Waals surface area contributed by atoms with Crippen LogP contribution in [0.25, 0.3) is 0 Å². The molecule has 1 aliphatic carbocycles. The minimum absolute atomic E-state index is 0.298. The summed E-state index contributed by atoms with van der Waals surface area (Å²) in [4.78, 5) is 5.16. The Morgan fingerprint density at radius 3 is 2.29 bits per heavy atom. The lowest BCUT2D eigenvalue weighted by molar-refractivity contribution is -0.196. The normalized spacial score (nSPS) is 41.7. The van der Waals surface area contributed by atoms with E-state index in [1.807, 2.05) is 0 Å². The van der Waals surface area contributed by atoms with Gasteiger partial charge in [0.15, 0.2) is 5.79 Å². The molecule has 0 aromatic carbocycles. The van der Waals surface area contributed by atoms with E-state index >= 15 is 0 Å². The fourth-order valence-corrected chi connectivity index (χ4v) is 4.33. The van der Waals surface area contributed by atoms with Crippen LogP contribution in [0.1, 0.15) is 33.1 Å². The van der Waals surface area contributed by atoms with E-state index in [2.05, 4.69) is 43.1 Å². The van der Waals surface area contributed by atoms with Gasteiger partial charge in [-0.15, -0.1) is 0 Å². The quantitative estimate of drug-likeness (QED) is 0.819. The van der Waals surface area contributed by atoms with Gasteiger partial charge in [-0.1, -0.05) is 0 Å². The summed E-state index contributed by atoms with van der Waals surface area (Å²) in [5.41, 5.74) is 0. The third kappa shape index (κ3) is 2.99. The fraction of sp³-hybridized carbons (Fsp3) is 1.00. The molecule has 5 heteroatoms. The number of hydrogen-bond acceptors (Lipinski definition) is 5. The minimum atomic E-state index is -0.298. The molecule has 0 radical (unpaired) electrons. The topological polar surface area (TPSA) is 37.0 Å². The molecule has 5 nitrogen and oxygen atoms in total. The third-order valence-corrected chi connectivity index (χ3v) is 5.86. The molecule has 2 saturated heterocycles. The van der Waals surface area contributed by atoms with Crippen LogP contribution < -0.4 is 5.32 Å². The molecule has 4 atom stereocenters. The van der Waals surface area contributed by atoms with Gasteiger partial charge in [-0.2, -0.15) is 0 Å². The van der Waals surface area contributed by atoms with Gasteiger partial charge in [-0.25, -0.2) is 0 Å². The molecular weight excluding hydrogens is 266 g/mol. The molecule has 1 spiro atoms. The second-order valence-corrected chi connectivity index (χ2v) is 7.13. The summed E-state index contributed by atoms with van der Waals surface area (Å²) >= 11 is 0. The molecule has 0 amide bonds. The molecule has 0 bridgehead atoms. The van der Waals surface area contributed by atoms with Gasteiger partial charge in [-0.05, 0) is 34.4 Å². The summed E-state index contributed by atoms with van der Waals surface area (Å²) in [6.45, 7) is 8.45. The van der Waals surface area contributed by atoms with Gasteiger partial charge in [0, 0.05) is 50.1 Å². The molecule has 0 aromatic heterocycles. The van der Waals surface area contributed by atoms with Crippen molar-refractivity contribution in [3.8, 4) is 0 Å². The summed E-state index contributed by atoms with van der Waals surface area (Å²) in [6, 6.07) is 2.27. The van der Waals surface area contributed by atoms with Crippen LogP contribution in [0.4, 0.5) is 0 Å². The van der Waals surface area contributed by atoms with Crippen molar-refractivity contribution in [2.75, 3.05) is 40.4 Å². The second-order valence-electron chi connectivity index (χ2n) is 7.13. The van der Waals surface area contributed by atoms with Crippen LogP contribution in [0.5, 0.6) is 0 Å². The number of hydrogen-bond donors (Lipinski definition) is 1. The average molecular weight is 297 g/mol.